The Balaban J connectivity index is 2.48. The van der Waals surface area contributed by atoms with Gasteiger partial charge >= 0.3 is 6.18 Å². The van der Waals surface area contributed by atoms with Gasteiger partial charge in [0, 0.05) is 13.6 Å². The number of alkyl halides is 3. The van der Waals surface area contributed by atoms with E-state index in [2.05, 4.69) is 5.32 Å². The smallest absolute Gasteiger partial charge is 0.416 e. The third-order valence-corrected chi connectivity index (χ3v) is 6.40. The average Bonchev–Trinajstić information content (AvgIpc) is 2.80. The first-order valence-electron chi connectivity index (χ1n) is 10.6. The lowest BCUT2D eigenvalue weighted by Crippen LogP contribution is -2.51. The highest BCUT2D eigenvalue weighted by molar-refractivity contribution is 7.92. The Labute approximate surface area is 202 Å². The first-order valence-corrected chi connectivity index (χ1v) is 12.5. The number of methoxy groups -OCH3 is 1. The zero-order chi connectivity index (χ0) is 26.4. The molecule has 2 aromatic rings. The zero-order valence-corrected chi connectivity index (χ0v) is 20.6. The number of carbonyl (C=O) groups is 2. The van der Waals surface area contributed by atoms with Crippen LogP contribution < -0.4 is 14.4 Å². The van der Waals surface area contributed by atoms with Crippen molar-refractivity contribution in [3.63, 3.8) is 0 Å². The molecule has 0 bridgehead atoms. The number of benzene rings is 2. The number of nitrogens with zero attached hydrogens (tertiary/aromatic N) is 2. The molecule has 35 heavy (non-hydrogen) atoms. The van der Waals surface area contributed by atoms with Crippen LogP contribution in [0.3, 0.4) is 0 Å². The van der Waals surface area contributed by atoms with Gasteiger partial charge in [0.1, 0.15) is 18.3 Å². The molecule has 2 rings (SSSR count). The van der Waals surface area contributed by atoms with Crippen LogP contribution >= 0.6 is 0 Å². The van der Waals surface area contributed by atoms with E-state index in [0.717, 1.165) is 18.4 Å². The molecule has 1 N–H and O–H groups in total. The van der Waals surface area contributed by atoms with E-state index >= 15 is 0 Å². The first-order chi connectivity index (χ1) is 16.3. The van der Waals surface area contributed by atoms with Crippen molar-refractivity contribution < 1.29 is 35.9 Å². The van der Waals surface area contributed by atoms with Gasteiger partial charge in [-0.3, -0.25) is 13.9 Å². The van der Waals surface area contributed by atoms with E-state index in [4.69, 9.17) is 4.74 Å². The Hall–Kier alpha value is -3.28. The van der Waals surface area contributed by atoms with Gasteiger partial charge in [0.2, 0.25) is 21.8 Å². The number of halogens is 3. The van der Waals surface area contributed by atoms with Crippen LogP contribution in [-0.2, 0) is 32.3 Å². The highest BCUT2D eigenvalue weighted by atomic mass is 32.2. The van der Waals surface area contributed by atoms with E-state index in [1.807, 2.05) is 0 Å². The predicted octanol–water partition coefficient (Wildman–Crippen LogP) is 3.03. The van der Waals surface area contributed by atoms with E-state index in [1.54, 1.807) is 31.2 Å². The number of rotatable bonds is 10. The third kappa shape index (κ3) is 7.35. The number of nitrogens with one attached hydrogen (secondary N) is 1. The summed E-state index contributed by atoms with van der Waals surface area (Å²) in [6.45, 7) is 0.840. The lowest BCUT2D eigenvalue weighted by molar-refractivity contribution is -0.140. The molecule has 0 aromatic heterocycles. The predicted molar refractivity (Wildman–Crippen MR) is 125 cm³/mol. The Kier molecular flexibility index (Phi) is 9.13. The van der Waals surface area contributed by atoms with Crippen molar-refractivity contribution in [2.45, 2.75) is 32.1 Å². The Morgan fingerprint density at radius 3 is 2.31 bits per heavy atom. The molecule has 0 saturated carbocycles. The first kappa shape index (κ1) is 28.0. The molecule has 0 radical (unpaired) electrons. The fraction of sp³-hybridized carbons (Fsp3) is 0.391. The van der Waals surface area contributed by atoms with E-state index < -0.39 is 46.2 Å². The van der Waals surface area contributed by atoms with Crippen LogP contribution in [0.2, 0.25) is 0 Å². The summed E-state index contributed by atoms with van der Waals surface area (Å²) in [4.78, 5) is 27.2. The molecule has 0 unspecified atom stereocenters. The molecule has 2 amide bonds. The van der Waals surface area contributed by atoms with Crippen molar-refractivity contribution in [3.8, 4) is 5.75 Å². The van der Waals surface area contributed by atoms with Crippen molar-refractivity contribution in [1.82, 2.24) is 10.2 Å². The number of anilines is 1. The van der Waals surface area contributed by atoms with E-state index in [0.29, 0.717) is 21.7 Å². The van der Waals surface area contributed by atoms with Gasteiger partial charge in [-0.05, 0) is 42.3 Å². The van der Waals surface area contributed by atoms with E-state index in [9.17, 15) is 31.2 Å². The molecule has 0 heterocycles. The van der Waals surface area contributed by atoms with Crippen LogP contribution in [0.4, 0.5) is 18.9 Å². The second-order valence-corrected chi connectivity index (χ2v) is 9.64. The highest BCUT2D eigenvalue weighted by Gasteiger charge is 2.34. The summed E-state index contributed by atoms with van der Waals surface area (Å²) in [5, 5.41) is 2.48. The lowest BCUT2D eigenvalue weighted by Gasteiger charge is -2.32. The summed E-state index contributed by atoms with van der Waals surface area (Å²) in [5.74, 6) is -0.704. The van der Waals surface area contributed by atoms with Crippen molar-refractivity contribution in [3.05, 3.63) is 59.7 Å². The SMILES string of the molecule is CC[C@@H](C(=O)NC)N(Cc1cccc(OC)c1)C(=O)CN(c1cccc(C(F)(F)F)c1)S(C)(=O)=O. The van der Waals surface area contributed by atoms with Gasteiger partial charge < -0.3 is 15.0 Å². The van der Waals surface area contributed by atoms with Gasteiger partial charge in [0.05, 0.1) is 24.6 Å². The molecule has 0 aliphatic heterocycles. The fourth-order valence-electron chi connectivity index (χ4n) is 3.50. The zero-order valence-electron chi connectivity index (χ0n) is 19.8. The average molecular weight is 516 g/mol. The van der Waals surface area contributed by atoms with Crippen molar-refractivity contribution >= 4 is 27.5 Å². The van der Waals surface area contributed by atoms with Gasteiger partial charge in [0.15, 0.2) is 0 Å². The molecule has 0 fully saturated rings. The molecular formula is C23H28F3N3O5S. The summed E-state index contributed by atoms with van der Waals surface area (Å²) in [6, 6.07) is 9.53. The minimum Gasteiger partial charge on any atom is -0.497 e. The topological polar surface area (TPSA) is 96.0 Å². The molecule has 2 aromatic carbocycles. The largest absolute Gasteiger partial charge is 0.497 e. The van der Waals surface area contributed by atoms with Crippen LogP contribution in [0.5, 0.6) is 5.75 Å². The molecule has 192 valence electrons. The second-order valence-electron chi connectivity index (χ2n) is 7.73. The number of hydrogen-bond donors (Lipinski definition) is 1. The summed E-state index contributed by atoms with van der Waals surface area (Å²) < 4.78 is 70.4. The number of amides is 2. The second kappa shape index (κ2) is 11.4. The van der Waals surface area contributed by atoms with Crippen LogP contribution in [0, 0.1) is 0 Å². The summed E-state index contributed by atoms with van der Waals surface area (Å²) >= 11 is 0. The van der Waals surface area contributed by atoms with E-state index in [-0.39, 0.29) is 18.7 Å². The molecule has 0 spiro atoms. The number of ether oxygens (including phenoxy) is 1. The summed E-state index contributed by atoms with van der Waals surface area (Å²) in [7, 11) is -1.27. The molecule has 12 heteroatoms. The number of hydrogen-bond acceptors (Lipinski definition) is 5. The molecular weight excluding hydrogens is 487 g/mol. The standard InChI is InChI=1S/C23H28F3N3O5S/c1-5-20(22(31)27-2)28(14-16-8-6-11-19(12-16)34-3)21(30)15-29(35(4,32)33)18-10-7-9-17(13-18)23(24,25)26/h6-13,20H,5,14-15H2,1-4H3,(H,27,31)/t20-/m0/s1. The van der Waals surface area contributed by atoms with Gasteiger partial charge in [0.25, 0.3) is 0 Å². The Morgan fingerprint density at radius 2 is 1.77 bits per heavy atom. The quantitative estimate of drug-likeness (QED) is 0.525. The van der Waals surface area contributed by atoms with Crippen LogP contribution in [0.25, 0.3) is 0 Å². The summed E-state index contributed by atoms with van der Waals surface area (Å²) in [6.07, 6.45) is -3.69. The fourth-order valence-corrected chi connectivity index (χ4v) is 4.35. The van der Waals surface area contributed by atoms with Crippen molar-refractivity contribution in [2.24, 2.45) is 0 Å². The maximum atomic E-state index is 13.4. The number of likely N-dealkylation sites (N-methyl/N-ethyl adjacent to an activating group) is 1. The Morgan fingerprint density at radius 1 is 1.11 bits per heavy atom. The van der Waals surface area contributed by atoms with Crippen LogP contribution in [0.1, 0.15) is 24.5 Å². The molecule has 0 aliphatic rings. The number of sulfonamides is 1. The normalized spacial score (nSPS) is 12.5. The van der Waals surface area contributed by atoms with Gasteiger partial charge in [-0.15, -0.1) is 0 Å². The monoisotopic (exact) mass is 515 g/mol. The maximum Gasteiger partial charge on any atom is 0.416 e. The molecule has 0 saturated heterocycles. The Bertz CT molecular complexity index is 1160. The molecule has 0 aliphatic carbocycles. The summed E-state index contributed by atoms with van der Waals surface area (Å²) in [5.41, 5.74) is -0.754. The molecule has 1 atom stereocenters. The third-order valence-electron chi connectivity index (χ3n) is 5.26. The minimum absolute atomic E-state index is 0.0534. The minimum atomic E-state index is -4.70. The van der Waals surface area contributed by atoms with Crippen molar-refractivity contribution in [1.29, 1.82) is 0 Å². The van der Waals surface area contributed by atoms with Gasteiger partial charge in [-0.1, -0.05) is 25.1 Å². The number of carbonyl (C=O) groups excluding carboxylic acids is 2. The van der Waals surface area contributed by atoms with Gasteiger partial charge in [-0.25, -0.2) is 8.42 Å². The van der Waals surface area contributed by atoms with Crippen LogP contribution in [0.15, 0.2) is 48.5 Å². The lowest BCUT2D eigenvalue weighted by atomic mass is 10.1. The van der Waals surface area contributed by atoms with Gasteiger partial charge in [-0.2, -0.15) is 13.2 Å². The molecule has 8 nitrogen and oxygen atoms in total. The van der Waals surface area contributed by atoms with Crippen molar-refractivity contribution in [2.75, 3.05) is 31.3 Å². The maximum absolute atomic E-state index is 13.4. The van der Waals surface area contributed by atoms with E-state index in [1.165, 1.54) is 25.1 Å². The van der Waals surface area contributed by atoms with Crippen LogP contribution in [-0.4, -0.2) is 58.1 Å². The highest BCUT2D eigenvalue weighted by Crippen LogP contribution is 2.32.